The summed E-state index contributed by atoms with van der Waals surface area (Å²) < 4.78 is 5.56. The maximum Gasteiger partial charge on any atom is 0.329 e. The number of methoxy groups -OCH3 is 1. The Bertz CT molecular complexity index is 1190. The maximum atomic E-state index is 13.4. The van der Waals surface area contributed by atoms with Crippen LogP contribution in [0.15, 0.2) is 57.1 Å². The fraction of sp³-hybridized carbons (Fsp3) is 0.190. The molecule has 1 aliphatic heterocycles. The zero-order chi connectivity index (χ0) is 22.1. The van der Waals surface area contributed by atoms with Crippen LogP contribution in [0.25, 0.3) is 0 Å². The minimum atomic E-state index is -0.818. The molecule has 0 N–H and O–H groups in total. The molecule has 1 atom stereocenters. The van der Waals surface area contributed by atoms with E-state index < -0.39 is 22.8 Å². The van der Waals surface area contributed by atoms with Crippen molar-refractivity contribution in [3.05, 3.63) is 74.8 Å². The average molecular weight is 456 g/mol. The second kappa shape index (κ2) is 8.48. The van der Waals surface area contributed by atoms with Crippen molar-refractivity contribution in [3.8, 4) is 0 Å². The number of para-hydroxylation sites is 1. The van der Waals surface area contributed by atoms with E-state index in [2.05, 4.69) is 4.98 Å². The van der Waals surface area contributed by atoms with Gasteiger partial charge in [-0.1, -0.05) is 30.0 Å². The Morgan fingerprint density at radius 2 is 2.06 bits per heavy atom. The first-order valence-electron chi connectivity index (χ1n) is 9.26. The molecular formula is C21H17N3O5S2. The first-order valence-corrected chi connectivity index (χ1v) is 11.0. The minimum Gasteiger partial charge on any atom is -0.467 e. The van der Waals surface area contributed by atoms with Gasteiger partial charge >= 0.3 is 5.97 Å². The van der Waals surface area contributed by atoms with Crippen molar-refractivity contribution >= 4 is 46.3 Å². The van der Waals surface area contributed by atoms with Gasteiger partial charge in [-0.05, 0) is 30.7 Å². The monoisotopic (exact) mass is 455 g/mol. The van der Waals surface area contributed by atoms with Gasteiger partial charge in [0.15, 0.2) is 4.34 Å². The highest BCUT2D eigenvalue weighted by atomic mass is 32.2. The number of anilines is 1. The number of rotatable bonds is 5. The Balaban J connectivity index is 1.71. The number of hydrogen-bond acceptors (Lipinski definition) is 8. The predicted molar refractivity (Wildman–Crippen MR) is 117 cm³/mol. The molecule has 0 bridgehead atoms. The van der Waals surface area contributed by atoms with Crippen molar-refractivity contribution in [2.45, 2.75) is 28.6 Å². The smallest absolute Gasteiger partial charge is 0.329 e. The lowest BCUT2D eigenvalue weighted by Gasteiger charge is -2.23. The molecule has 2 heterocycles. The molecule has 4 rings (SSSR count). The summed E-state index contributed by atoms with van der Waals surface area (Å²) in [6, 6.07) is 10.7. The zero-order valence-electron chi connectivity index (χ0n) is 16.6. The lowest BCUT2D eigenvalue weighted by molar-refractivity contribution is -0.387. The number of esters is 1. The van der Waals surface area contributed by atoms with E-state index in [1.807, 2.05) is 24.4 Å². The van der Waals surface area contributed by atoms with Crippen LogP contribution in [-0.4, -0.2) is 34.9 Å². The van der Waals surface area contributed by atoms with Gasteiger partial charge in [-0.25, -0.2) is 9.78 Å². The van der Waals surface area contributed by atoms with Gasteiger partial charge < -0.3 is 4.74 Å². The molecule has 158 valence electrons. The van der Waals surface area contributed by atoms with Crippen molar-refractivity contribution in [1.82, 2.24) is 4.98 Å². The Labute approximate surface area is 186 Å². The SMILES string of the molecule is COC(=O)C1Cc2ccccc2N1C(=O)c1ccc(Sc2nc(C)cs2)c([N+](=O)[O-])c1. The molecule has 8 nitrogen and oxygen atoms in total. The fourth-order valence-electron chi connectivity index (χ4n) is 3.45. The first-order chi connectivity index (χ1) is 14.9. The molecule has 0 saturated carbocycles. The molecule has 1 unspecified atom stereocenters. The topological polar surface area (TPSA) is 103 Å². The van der Waals surface area contributed by atoms with Gasteiger partial charge in [-0.2, -0.15) is 0 Å². The lowest BCUT2D eigenvalue weighted by Crippen LogP contribution is -2.43. The molecule has 0 radical (unpaired) electrons. The van der Waals surface area contributed by atoms with Crippen molar-refractivity contribution in [2.24, 2.45) is 0 Å². The second-order valence-electron chi connectivity index (χ2n) is 6.84. The van der Waals surface area contributed by atoms with Gasteiger partial charge in [0, 0.05) is 34.8 Å². The zero-order valence-corrected chi connectivity index (χ0v) is 18.2. The van der Waals surface area contributed by atoms with E-state index in [9.17, 15) is 19.7 Å². The number of carbonyl (C=O) groups excluding carboxylic acids is 2. The quantitative estimate of drug-likeness (QED) is 0.322. The molecule has 1 amide bonds. The summed E-state index contributed by atoms with van der Waals surface area (Å²) in [7, 11) is 1.27. The van der Waals surface area contributed by atoms with Crippen molar-refractivity contribution < 1.29 is 19.2 Å². The molecule has 10 heteroatoms. The maximum absolute atomic E-state index is 13.4. The molecular weight excluding hydrogens is 438 g/mol. The Kier molecular flexibility index (Phi) is 5.75. The summed E-state index contributed by atoms with van der Waals surface area (Å²) in [6.45, 7) is 1.85. The summed E-state index contributed by atoms with van der Waals surface area (Å²) >= 11 is 2.58. The van der Waals surface area contributed by atoms with Gasteiger partial charge in [-0.15, -0.1) is 11.3 Å². The van der Waals surface area contributed by atoms with E-state index >= 15 is 0 Å². The molecule has 0 saturated heterocycles. The molecule has 1 aromatic heterocycles. The van der Waals surface area contributed by atoms with Gasteiger partial charge in [0.05, 0.1) is 16.9 Å². The average Bonchev–Trinajstić information content (AvgIpc) is 3.36. The molecule has 1 aliphatic rings. The van der Waals surface area contributed by atoms with Crippen molar-refractivity contribution in [1.29, 1.82) is 0 Å². The van der Waals surface area contributed by atoms with E-state index in [-0.39, 0.29) is 11.3 Å². The van der Waals surface area contributed by atoms with E-state index in [1.165, 1.54) is 47.2 Å². The number of hydrogen-bond donors (Lipinski definition) is 0. The number of nitrogens with zero attached hydrogens (tertiary/aromatic N) is 3. The molecule has 0 spiro atoms. The third-order valence-corrected chi connectivity index (χ3v) is 6.99. The highest BCUT2D eigenvalue weighted by Crippen LogP contribution is 2.38. The van der Waals surface area contributed by atoms with Crippen LogP contribution in [0.1, 0.15) is 21.6 Å². The fourth-order valence-corrected chi connectivity index (χ4v) is 5.33. The Morgan fingerprint density at radius 3 is 2.74 bits per heavy atom. The normalized spacial score (nSPS) is 14.9. The third kappa shape index (κ3) is 4.04. The predicted octanol–water partition coefficient (Wildman–Crippen LogP) is 4.26. The number of amides is 1. The van der Waals surface area contributed by atoms with Gasteiger partial charge in [0.25, 0.3) is 11.6 Å². The minimum absolute atomic E-state index is 0.122. The largest absolute Gasteiger partial charge is 0.467 e. The summed E-state index contributed by atoms with van der Waals surface area (Å²) in [4.78, 5) is 43.0. The van der Waals surface area contributed by atoms with E-state index in [0.717, 1.165) is 11.3 Å². The van der Waals surface area contributed by atoms with Crippen molar-refractivity contribution in [2.75, 3.05) is 12.0 Å². The van der Waals surface area contributed by atoms with Crippen molar-refractivity contribution in [3.63, 3.8) is 0 Å². The van der Waals surface area contributed by atoms with Crippen LogP contribution in [-0.2, 0) is 16.0 Å². The van der Waals surface area contributed by atoms with Gasteiger partial charge in [0.1, 0.15) is 6.04 Å². The summed E-state index contributed by atoms with van der Waals surface area (Å²) in [6.07, 6.45) is 0.327. The first kappa shape index (κ1) is 21.0. The summed E-state index contributed by atoms with van der Waals surface area (Å²) in [5, 5.41) is 13.6. The number of aryl methyl sites for hydroxylation is 1. The van der Waals surface area contributed by atoms with Gasteiger partial charge in [-0.3, -0.25) is 19.8 Å². The second-order valence-corrected chi connectivity index (χ2v) is 8.99. The molecule has 0 aliphatic carbocycles. The Morgan fingerprint density at radius 1 is 1.29 bits per heavy atom. The number of nitro benzene ring substituents is 1. The van der Waals surface area contributed by atoms with Crippen LogP contribution in [0.4, 0.5) is 11.4 Å². The highest BCUT2D eigenvalue weighted by Gasteiger charge is 2.39. The number of nitro groups is 1. The molecule has 3 aromatic rings. The summed E-state index contributed by atoms with van der Waals surface area (Å²) in [5.41, 5.74) is 2.21. The van der Waals surface area contributed by atoms with Crippen LogP contribution < -0.4 is 4.90 Å². The highest BCUT2D eigenvalue weighted by molar-refractivity contribution is 8.01. The van der Waals surface area contributed by atoms with Crippen LogP contribution in [0.5, 0.6) is 0 Å². The molecule has 2 aromatic carbocycles. The van der Waals surface area contributed by atoms with Crippen LogP contribution in [0.2, 0.25) is 0 Å². The number of aromatic nitrogens is 1. The number of thiazole rings is 1. The third-order valence-electron chi connectivity index (χ3n) is 4.87. The number of carbonyl (C=O) groups is 2. The molecule has 31 heavy (non-hydrogen) atoms. The van der Waals surface area contributed by atoms with Crippen LogP contribution >= 0.6 is 23.1 Å². The van der Waals surface area contributed by atoms with E-state index in [4.69, 9.17) is 4.74 Å². The van der Waals surface area contributed by atoms with Crippen LogP contribution in [0, 0.1) is 17.0 Å². The molecule has 0 fully saturated rings. The van der Waals surface area contributed by atoms with E-state index in [1.54, 1.807) is 18.2 Å². The number of ether oxygens (including phenoxy) is 1. The lowest BCUT2D eigenvalue weighted by atomic mass is 10.1. The Hall–Kier alpha value is -3.24. The summed E-state index contributed by atoms with van der Waals surface area (Å²) in [5.74, 6) is -1.03. The van der Waals surface area contributed by atoms with Gasteiger partial charge in [0.2, 0.25) is 0 Å². The van der Waals surface area contributed by atoms with Crippen LogP contribution in [0.3, 0.4) is 0 Å². The van der Waals surface area contributed by atoms with E-state index in [0.29, 0.717) is 21.3 Å². The number of fused-ring (bicyclic) bond motifs is 1. The number of benzene rings is 2. The standard InChI is InChI=1S/C21H17N3O5S2/c1-12-11-30-21(22-12)31-18-8-7-14(10-16(18)24(27)28)19(25)23-15-6-4-3-5-13(15)9-17(23)20(26)29-2/h3-8,10-11,17H,9H2,1-2H3.